The van der Waals surface area contributed by atoms with Crippen LogP contribution in [0.1, 0.15) is 5.69 Å². The highest BCUT2D eigenvalue weighted by molar-refractivity contribution is 4.91. The van der Waals surface area contributed by atoms with Crippen LogP contribution < -0.4 is 5.73 Å². The SMILES string of the molecule is Cn1cc(CCN)nn1. The number of hydrogen-bond acceptors (Lipinski definition) is 3. The van der Waals surface area contributed by atoms with E-state index in [2.05, 4.69) is 10.3 Å². The molecular formula is C5H10N4. The van der Waals surface area contributed by atoms with Gasteiger partial charge in [0.25, 0.3) is 0 Å². The number of nitrogens with zero attached hydrogens (tertiary/aromatic N) is 3. The van der Waals surface area contributed by atoms with Crippen LogP contribution in [0, 0.1) is 0 Å². The molecule has 0 aliphatic rings. The van der Waals surface area contributed by atoms with Gasteiger partial charge in [-0.05, 0) is 6.54 Å². The van der Waals surface area contributed by atoms with Gasteiger partial charge in [0.15, 0.2) is 0 Å². The maximum absolute atomic E-state index is 5.29. The zero-order chi connectivity index (χ0) is 6.69. The molecule has 0 unspecified atom stereocenters. The molecule has 0 aromatic carbocycles. The number of aryl methyl sites for hydroxylation is 1. The van der Waals surface area contributed by atoms with Crippen LogP contribution in [-0.4, -0.2) is 21.5 Å². The summed E-state index contributed by atoms with van der Waals surface area (Å²) in [5.41, 5.74) is 6.25. The van der Waals surface area contributed by atoms with Gasteiger partial charge in [0.1, 0.15) is 0 Å². The summed E-state index contributed by atoms with van der Waals surface area (Å²) in [6.07, 6.45) is 2.68. The lowest BCUT2D eigenvalue weighted by Gasteiger charge is -1.84. The molecule has 1 heterocycles. The van der Waals surface area contributed by atoms with Gasteiger partial charge in [-0.15, -0.1) is 5.10 Å². The maximum Gasteiger partial charge on any atom is 0.0839 e. The number of hydrogen-bond donors (Lipinski definition) is 1. The zero-order valence-electron chi connectivity index (χ0n) is 5.41. The van der Waals surface area contributed by atoms with Gasteiger partial charge in [-0.2, -0.15) is 0 Å². The highest BCUT2D eigenvalue weighted by Crippen LogP contribution is 1.89. The second-order valence-corrected chi connectivity index (χ2v) is 1.92. The largest absolute Gasteiger partial charge is 0.330 e. The van der Waals surface area contributed by atoms with E-state index in [1.54, 1.807) is 4.68 Å². The molecule has 0 radical (unpaired) electrons. The molecule has 0 saturated heterocycles. The second kappa shape index (κ2) is 2.59. The molecule has 0 amide bonds. The van der Waals surface area contributed by atoms with Crippen molar-refractivity contribution in [3.8, 4) is 0 Å². The first-order valence-corrected chi connectivity index (χ1v) is 2.88. The molecule has 1 rings (SSSR count). The molecule has 0 bridgehead atoms. The van der Waals surface area contributed by atoms with Crippen LogP contribution >= 0.6 is 0 Å². The molecule has 4 nitrogen and oxygen atoms in total. The molecule has 2 N–H and O–H groups in total. The Morgan fingerprint density at radius 3 is 3.00 bits per heavy atom. The summed E-state index contributed by atoms with van der Waals surface area (Å²) >= 11 is 0. The predicted octanol–water partition coefficient (Wildman–Crippen LogP) is -0.684. The summed E-state index contributed by atoms with van der Waals surface area (Å²) in [5, 5.41) is 7.58. The zero-order valence-corrected chi connectivity index (χ0v) is 5.41. The van der Waals surface area contributed by atoms with Crippen molar-refractivity contribution in [1.82, 2.24) is 15.0 Å². The molecule has 1 aromatic rings. The molecular weight excluding hydrogens is 116 g/mol. The highest BCUT2D eigenvalue weighted by Gasteiger charge is 1.93. The first-order chi connectivity index (χ1) is 4.33. The summed E-state index contributed by atoms with van der Waals surface area (Å²) in [7, 11) is 1.84. The van der Waals surface area contributed by atoms with Crippen LogP contribution in [0.4, 0.5) is 0 Å². The third kappa shape index (κ3) is 1.50. The minimum atomic E-state index is 0.638. The third-order valence-corrected chi connectivity index (χ3v) is 1.05. The average Bonchev–Trinajstić information content (AvgIpc) is 2.17. The minimum Gasteiger partial charge on any atom is -0.330 e. The van der Waals surface area contributed by atoms with E-state index < -0.39 is 0 Å². The Labute approximate surface area is 53.7 Å². The quantitative estimate of drug-likeness (QED) is 0.571. The Hall–Kier alpha value is -0.900. The molecule has 0 aliphatic carbocycles. The average molecular weight is 126 g/mol. The van der Waals surface area contributed by atoms with E-state index in [1.807, 2.05) is 13.2 Å². The van der Waals surface area contributed by atoms with E-state index in [0.717, 1.165) is 12.1 Å². The number of rotatable bonds is 2. The van der Waals surface area contributed by atoms with Crippen molar-refractivity contribution in [2.45, 2.75) is 6.42 Å². The van der Waals surface area contributed by atoms with E-state index in [0.29, 0.717) is 6.54 Å². The minimum absolute atomic E-state index is 0.638. The fourth-order valence-electron chi connectivity index (χ4n) is 0.658. The summed E-state index contributed by atoms with van der Waals surface area (Å²) < 4.78 is 1.67. The van der Waals surface area contributed by atoms with Gasteiger partial charge in [0, 0.05) is 19.7 Å². The normalized spacial score (nSPS) is 10.0. The molecule has 4 heteroatoms. The van der Waals surface area contributed by atoms with Crippen molar-refractivity contribution in [3.63, 3.8) is 0 Å². The van der Waals surface area contributed by atoms with E-state index in [4.69, 9.17) is 5.73 Å². The highest BCUT2D eigenvalue weighted by atomic mass is 15.4. The summed E-state index contributed by atoms with van der Waals surface area (Å²) in [6, 6.07) is 0. The maximum atomic E-state index is 5.29. The summed E-state index contributed by atoms with van der Waals surface area (Å²) in [6.45, 7) is 0.638. The van der Waals surface area contributed by atoms with Gasteiger partial charge >= 0.3 is 0 Å². The lowest BCUT2D eigenvalue weighted by Crippen LogP contribution is -2.02. The molecule has 0 saturated carbocycles. The van der Waals surface area contributed by atoms with E-state index in [1.165, 1.54) is 0 Å². The van der Waals surface area contributed by atoms with E-state index in [-0.39, 0.29) is 0 Å². The Balaban J connectivity index is 2.61. The van der Waals surface area contributed by atoms with Crippen LogP contribution in [0.25, 0.3) is 0 Å². The standard InChI is InChI=1S/C5H10N4/c1-9-4-5(2-3-6)7-8-9/h4H,2-3,6H2,1H3. The second-order valence-electron chi connectivity index (χ2n) is 1.92. The van der Waals surface area contributed by atoms with Crippen molar-refractivity contribution in [2.24, 2.45) is 12.8 Å². The monoisotopic (exact) mass is 126 g/mol. The van der Waals surface area contributed by atoms with Crippen molar-refractivity contribution in [2.75, 3.05) is 6.54 Å². The fraction of sp³-hybridized carbons (Fsp3) is 0.600. The first kappa shape index (κ1) is 6.22. The van der Waals surface area contributed by atoms with Crippen LogP contribution in [0.2, 0.25) is 0 Å². The third-order valence-electron chi connectivity index (χ3n) is 1.05. The smallest absolute Gasteiger partial charge is 0.0839 e. The Bertz CT molecular complexity index is 181. The van der Waals surface area contributed by atoms with E-state index in [9.17, 15) is 0 Å². The van der Waals surface area contributed by atoms with Crippen LogP contribution in [0.3, 0.4) is 0 Å². The first-order valence-electron chi connectivity index (χ1n) is 2.88. The van der Waals surface area contributed by atoms with Gasteiger partial charge in [-0.3, -0.25) is 4.68 Å². The molecule has 0 atom stereocenters. The molecule has 0 aliphatic heterocycles. The van der Waals surface area contributed by atoms with E-state index >= 15 is 0 Å². The molecule has 9 heavy (non-hydrogen) atoms. The molecule has 50 valence electrons. The van der Waals surface area contributed by atoms with Crippen molar-refractivity contribution >= 4 is 0 Å². The Kier molecular flexibility index (Phi) is 1.79. The van der Waals surface area contributed by atoms with Gasteiger partial charge in [-0.25, -0.2) is 0 Å². The van der Waals surface area contributed by atoms with Gasteiger partial charge < -0.3 is 5.73 Å². The van der Waals surface area contributed by atoms with Crippen molar-refractivity contribution < 1.29 is 0 Å². The lowest BCUT2D eigenvalue weighted by molar-refractivity contribution is 0.713. The van der Waals surface area contributed by atoms with Crippen LogP contribution in [0.5, 0.6) is 0 Å². The summed E-state index contributed by atoms with van der Waals surface area (Å²) in [4.78, 5) is 0. The Morgan fingerprint density at radius 1 is 1.78 bits per heavy atom. The molecule has 0 spiro atoms. The van der Waals surface area contributed by atoms with Gasteiger partial charge in [-0.1, -0.05) is 5.21 Å². The van der Waals surface area contributed by atoms with Gasteiger partial charge in [0.2, 0.25) is 0 Å². The molecule has 1 aromatic heterocycles. The topological polar surface area (TPSA) is 56.7 Å². The molecule has 0 fully saturated rings. The number of nitrogens with two attached hydrogens (primary N) is 1. The summed E-state index contributed by atoms with van der Waals surface area (Å²) in [5.74, 6) is 0. The number of aromatic nitrogens is 3. The fourth-order valence-corrected chi connectivity index (χ4v) is 0.658. The predicted molar refractivity (Wildman–Crippen MR) is 33.8 cm³/mol. The van der Waals surface area contributed by atoms with Crippen LogP contribution in [-0.2, 0) is 13.5 Å². The van der Waals surface area contributed by atoms with Crippen molar-refractivity contribution in [3.05, 3.63) is 11.9 Å². The Morgan fingerprint density at radius 2 is 2.56 bits per heavy atom. The van der Waals surface area contributed by atoms with Crippen molar-refractivity contribution in [1.29, 1.82) is 0 Å². The van der Waals surface area contributed by atoms with Gasteiger partial charge in [0.05, 0.1) is 5.69 Å². The lowest BCUT2D eigenvalue weighted by atomic mass is 10.3. The van der Waals surface area contributed by atoms with Crippen LogP contribution in [0.15, 0.2) is 6.20 Å².